The maximum absolute atomic E-state index is 13.9. The van der Waals surface area contributed by atoms with Gasteiger partial charge in [-0.05, 0) is 36.1 Å². The van der Waals surface area contributed by atoms with Gasteiger partial charge in [0.1, 0.15) is 12.3 Å². The molecule has 0 radical (unpaired) electrons. The topological polar surface area (TPSA) is 75.6 Å². The number of halogens is 1. The summed E-state index contributed by atoms with van der Waals surface area (Å²) in [5.41, 5.74) is 2.15. The van der Waals surface area contributed by atoms with E-state index in [-0.39, 0.29) is 12.5 Å². The predicted octanol–water partition coefficient (Wildman–Crippen LogP) is 3.73. The molecule has 1 aliphatic rings. The molecule has 0 fully saturated rings. The smallest absolute Gasteiger partial charge is 0.407 e. The summed E-state index contributed by atoms with van der Waals surface area (Å²) in [6, 6.07) is 14.0. The van der Waals surface area contributed by atoms with Crippen LogP contribution in [0.2, 0.25) is 0 Å². The highest BCUT2D eigenvalue weighted by Crippen LogP contribution is 2.44. The number of fused-ring (bicyclic) bond motifs is 3. The number of carbonyl (C=O) groups excluding carboxylic acids is 1. The van der Waals surface area contributed by atoms with Gasteiger partial charge in [0, 0.05) is 5.92 Å². The van der Waals surface area contributed by atoms with Crippen molar-refractivity contribution in [1.29, 1.82) is 0 Å². The van der Waals surface area contributed by atoms with Crippen molar-refractivity contribution in [2.45, 2.75) is 31.5 Å². The summed E-state index contributed by atoms with van der Waals surface area (Å²) in [5, 5.41) is 11.2. The lowest BCUT2D eigenvalue weighted by molar-refractivity contribution is -0.142. The average molecular weight is 357 g/mol. The molecule has 1 aliphatic carbocycles. The third-order valence-corrected chi connectivity index (χ3v) is 4.54. The summed E-state index contributed by atoms with van der Waals surface area (Å²) in [6.07, 6.45) is -0.954. The van der Waals surface area contributed by atoms with Crippen LogP contribution in [0.15, 0.2) is 48.5 Å². The van der Waals surface area contributed by atoms with Crippen molar-refractivity contribution in [3.8, 4) is 11.1 Å². The maximum atomic E-state index is 13.9. The van der Waals surface area contributed by atoms with Gasteiger partial charge in [-0.1, -0.05) is 48.5 Å². The van der Waals surface area contributed by atoms with Crippen molar-refractivity contribution in [2.24, 2.45) is 0 Å². The van der Waals surface area contributed by atoms with Crippen LogP contribution in [0.25, 0.3) is 11.1 Å². The Kier molecular flexibility index (Phi) is 4.68. The van der Waals surface area contributed by atoms with Crippen LogP contribution < -0.4 is 5.32 Å². The van der Waals surface area contributed by atoms with E-state index >= 15 is 0 Å². The van der Waals surface area contributed by atoms with Gasteiger partial charge in [-0.25, -0.2) is 14.0 Å². The van der Waals surface area contributed by atoms with E-state index in [9.17, 15) is 14.0 Å². The summed E-state index contributed by atoms with van der Waals surface area (Å²) in [7, 11) is 0. The number of nitrogens with one attached hydrogen (secondary N) is 1. The molecule has 2 aromatic carbocycles. The van der Waals surface area contributed by atoms with E-state index in [1.54, 1.807) is 0 Å². The number of aliphatic carboxylic acids is 1. The molecular formula is C20H20FNO4. The van der Waals surface area contributed by atoms with Crippen molar-refractivity contribution < 1.29 is 23.8 Å². The Hall–Kier alpha value is -2.89. The Morgan fingerprint density at radius 1 is 1.12 bits per heavy atom. The Morgan fingerprint density at radius 2 is 1.62 bits per heavy atom. The van der Waals surface area contributed by atoms with Gasteiger partial charge < -0.3 is 15.2 Å². The molecule has 136 valence electrons. The standard InChI is InChI=1S/C20H20FNO4/c1-20(2,21)17(18(23)24)22-19(25)26-11-16-14-9-5-3-7-12(14)13-8-4-6-10-15(13)16/h3-10,16-17H,11H2,1-2H3,(H,22,25)(H,23,24)/t17-/m0/s1. The van der Waals surface area contributed by atoms with Crippen LogP contribution in [0.3, 0.4) is 0 Å². The monoisotopic (exact) mass is 357 g/mol. The summed E-state index contributed by atoms with van der Waals surface area (Å²) in [4.78, 5) is 23.2. The first-order valence-corrected chi connectivity index (χ1v) is 8.32. The molecule has 0 aromatic heterocycles. The molecule has 2 N–H and O–H groups in total. The fourth-order valence-corrected chi connectivity index (χ4v) is 3.28. The summed E-state index contributed by atoms with van der Waals surface area (Å²) >= 11 is 0. The molecule has 6 heteroatoms. The second-order valence-corrected chi connectivity index (χ2v) is 6.81. The maximum Gasteiger partial charge on any atom is 0.407 e. The molecule has 5 nitrogen and oxygen atoms in total. The zero-order chi connectivity index (χ0) is 18.9. The first kappa shape index (κ1) is 17.9. The van der Waals surface area contributed by atoms with Crippen LogP contribution in [0.5, 0.6) is 0 Å². The quantitative estimate of drug-likeness (QED) is 0.855. The first-order chi connectivity index (χ1) is 12.3. The molecule has 1 amide bonds. The third kappa shape index (κ3) is 3.40. The number of amides is 1. The van der Waals surface area contributed by atoms with E-state index in [0.29, 0.717) is 0 Å². The fraction of sp³-hybridized carbons (Fsp3) is 0.300. The molecule has 26 heavy (non-hydrogen) atoms. The summed E-state index contributed by atoms with van der Waals surface area (Å²) in [5.74, 6) is -1.60. The number of benzene rings is 2. The highest BCUT2D eigenvalue weighted by molar-refractivity contribution is 5.82. The van der Waals surface area contributed by atoms with Gasteiger partial charge in [0.15, 0.2) is 6.04 Å². The molecule has 2 aromatic rings. The molecule has 3 rings (SSSR count). The number of carbonyl (C=O) groups is 2. The highest BCUT2D eigenvalue weighted by Gasteiger charge is 2.37. The van der Waals surface area contributed by atoms with Gasteiger partial charge in [-0.3, -0.25) is 0 Å². The van der Waals surface area contributed by atoms with Gasteiger partial charge in [-0.2, -0.15) is 0 Å². The van der Waals surface area contributed by atoms with Crippen LogP contribution in [0, 0.1) is 0 Å². The first-order valence-electron chi connectivity index (χ1n) is 8.32. The molecular weight excluding hydrogens is 337 g/mol. The van der Waals surface area contributed by atoms with Crippen molar-refractivity contribution in [3.05, 3.63) is 59.7 Å². The van der Waals surface area contributed by atoms with Gasteiger partial charge in [0.25, 0.3) is 0 Å². The largest absolute Gasteiger partial charge is 0.480 e. The Balaban J connectivity index is 1.74. The fourth-order valence-electron chi connectivity index (χ4n) is 3.28. The lowest BCUT2D eigenvalue weighted by Gasteiger charge is -2.24. The summed E-state index contributed by atoms with van der Waals surface area (Å²) < 4.78 is 19.2. The van der Waals surface area contributed by atoms with E-state index < -0.39 is 23.8 Å². The van der Waals surface area contributed by atoms with E-state index in [0.717, 1.165) is 36.1 Å². The number of hydrogen-bond acceptors (Lipinski definition) is 3. The molecule has 0 aliphatic heterocycles. The lowest BCUT2D eigenvalue weighted by atomic mass is 9.98. The van der Waals surface area contributed by atoms with E-state index in [1.165, 1.54) is 0 Å². The van der Waals surface area contributed by atoms with Crippen LogP contribution in [0.4, 0.5) is 9.18 Å². The van der Waals surface area contributed by atoms with E-state index in [4.69, 9.17) is 9.84 Å². The molecule has 0 spiro atoms. The number of alkyl halides is 1. The highest BCUT2D eigenvalue weighted by atomic mass is 19.1. The number of carboxylic acid groups (broad SMARTS) is 1. The number of carboxylic acids is 1. The van der Waals surface area contributed by atoms with Gasteiger partial charge in [0.05, 0.1) is 0 Å². The minimum Gasteiger partial charge on any atom is -0.480 e. The Morgan fingerprint density at radius 3 is 2.08 bits per heavy atom. The second kappa shape index (κ2) is 6.78. The summed E-state index contributed by atoms with van der Waals surface area (Å²) in [6.45, 7) is 2.23. The number of hydrogen-bond donors (Lipinski definition) is 2. The van der Waals surface area contributed by atoms with Crippen LogP contribution in [-0.2, 0) is 9.53 Å². The van der Waals surface area contributed by atoms with E-state index in [1.807, 2.05) is 48.5 Å². The lowest BCUT2D eigenvalue weighted by Crippen LogP contribution is -2.52. The van der Waals surface area contributed by atoms with Crippen molar-refractivity contribution in [2.75, 3.05) is 6.61 Å². The zero-order valence-electron chi connectivity index (χ0n) is 14.5. The van der Waals surface area contributed by atoms with Crippen molar-refractivity contribution >= 4 is 12.1 Å². The minimum absolute atomic E-state index is 0.0406. The molecule has 0 bridgehead atoms. The normalized spacial score (nSPS) is 14.3. The number of alkyl carbamates (subject to hydrolysis) is 1. The van der Waals surface area contributed by atoms with Gasteiger partial charge >= 0.3 is 12.1 Å². The third-order valence-electron chi connectivity index (χ3n) is 4.54. The second-order valence-electron chi connectivity index (χ2n) is 6.81. The molecule has 0 heterocycles. The number of rotatable bonds is 5. The van der Waals surface area contributed by atoms with Crippen molar-refractivity contribution in [1.82, 2.24) is 5.32 Å². The van der Waals surface area contributed by atoms with Crippen LogP contribution in [0.1, 0.15) is 30.9 Å². The molecule has 0 saturated carbocycles. The molecule has 1 atom stereocenters. The Bertz CT molecular complexity index is 798. The average Bonchev–Trinajstić information content (AvgIpc) is 2.91. The molecule has 0 saturated heterocycles. The SMILES string of the molecule is CC(C)(F)[C@@H](NC(=O)OCC1c2ccccc2-c2ccccc21)C(=O)O. The van der Waals surface area contributed by atoms with E-state index in [2.05, 4.69) is 5.32 Å². The molecule has 0 unspecified atom stereocenters. The minimum atomic E-state index is -2.11. The zero-order valence-corrected chi connectivity index (χ0v) is 14.5. The van der Waals surface area contributed by atoms with Gasteiger partial charge in [0.2, 0.25) is 0 Å². The van der Waals surface area contributed by atoms with Crippen molar-refractivity contribution in [3.63, 3.8) is 0 Å². The Labute approximate surface area is 150 Å². The van der Waals surface area contributed by atoms with Gasteiger partial charge in [-0.15, -0.1) is 0 Å². The predicted molar refractivity (Wildman–Crippen MR) is 94.8 cm³/mol. The van der Waals surface area contributed by atoms with Crippen LogP contribution in [-0.4, -0.2) is 35.5 Å². The van der Waals surface area contributed by atoms with Crippen LogP contribution >= 0.6 is 0 Å². The number of ether oxygens (including phenoxy) is 1.